The minimum absolute atomic E-state index is 0.771. The minimum atomic E-state index is 0.771. The lowest BCUT2D eigenvalue weighted by Crippen LogP contribution is -2.16. The summed E-state index contributed by atoms with van der Waals surface area (Å²) in [6, 6.07) is 23.0. The number of nitrogens with zero attached hydrogens (tertiary/aromatic N) is 1. The topological polar surface area (TPSA) is 41.3 Å². The van der Waals surface area contributed by atoms with Crippen molar-refractivity contribution in [1.82, 2.24) is 0 Å². The summed E-state index contributed by atoms with van der Waals surface area (Å²) in [5.74, 6) is 0. The summed E-state index contributed by atoms with van der Waals surface area (Å²) in [5, 5.41) is 3.40. The number of hydrogen-bond acceptors (Lipinski definition) is 3. The van der Waals surface area contributed by atoms with E-state index < -0.39 is 0 Å². The second kappa shape index (κ2) is 7.31. The highest BCUT2D eigenvalue weighted by molar-refractivity contribution is 5.69. The van der Waals surface area contributed by atoms with Crippen molar-refractivity contribution in [2.75, 3.05) is 22.5 Å². The third-order valence-electron chi connectivity index (χ3n) is 4.21. The molecule has 0 aromatic heterocycles. The standard InChI is InChI=1S/C22H25N3/c1-4-25(22-14-16(2)13-17(3)15-22)21-11-9-20(10-12-21)24-19-7-5-18(23)6-8-19/h5-15,24H,4,23H2,1-3H3. The first kappa shape index (κ1) is 16.9. The third kappa shape index (κ3) is 4.13. The Bertz CT molecular complexity index is 816. The third-order valence-corrected chi connectivity index (χ3v) is 4.21. The summed E-state index contributed by atoms with van der Waals surface area (Å²) < 4.78 is 0. The quantitative estimate of drug-likeness (QED) is 0.582. The van der Waals surface area contributed by atoms with E-state index in [1.165, 1.54) is 22.5 Å². The second-order valence-corrected chi connectivity index (χ2v) is 6.38. The first-order chi connectivity index (χ1) is 12.0. The molecule has 0 fully saturated rings. The molecule has 128 valence electrons. The summed E-state index contributed by atoms with van der Waals surface area (Å²) in [5.41, 5.74) is 13.6. The van der Waals surface area contributed by atoms with Gasteiger partial charge in [0.05, 0.1) is 0 Å². The van der Waals surface area contributed by atoms with E-state index in [0.717, 1.165) is 23.6 Å². The molecule has 0 saturated carbocycles. The van der Waals surface area contributed by atoms with Crippen molar-refractivity contribution in [3.63, 3.8) is 0 Å². The maximum atomic E-state index is 5.73. The van der Waals surface area contributed by atoms with Crippen molar-refractivity contribution in [2.24, 2.45) is 0 Å². The van der Waals surface area contributed by atoms with Gasteiger partial charge in [-0.2, -0.15) is 0 Å². The van der Waals surface area contributed by atoms with E-state index in [9.17, 15) is 0 Å². The second-order valence-electron chi connectivity index (χ2n) is 6.38. The van der Waals surface area contributed by atoms with Crippen LogP contribution >= 0.6 is 0 Å². The Labute approximate surface area is 150 Å². The van der Waals surface area contributed by atoms with E-state index in [2.05, 4.69) is 73.5 Å². The molecule has 3 aromatic rings. The number of nitrogens with two attached hydrogens (primary N) is 1. The Morgan fingerprint density at radius 2 is 1.28 bits per heavy atom. The number of benzene rings is 3. The first-order valence-electron chi connectivity index (χ1n) is 8.63. The molecular formula is C22H25N3. The van der Waals surface area contributed by atoms with Crippen LogP contribution in [0.4, 0.5) is 28.4 Å². The van der Waals surface area contributed by atoms with Crippen LogP contribution in [0, 0.1) is 13.8 Å². The fraction of sp³-hybridized carbons (Fsp3) is 0.182. The number of nitrogen functional groups attached to an aromatic ring is 1. The number of anilines is 5. The van der Waals surface area contributed by atoms with E-state index in [-0.39, 0.29) is 0 Å². The average molecular weight is 331 g/mol. The first-order valence-corrected chi connectivity index (χ1v) is 8.63. The highest BCUT2D eigenvalue weighted by atomic mass is 15.1. The molecule has 0 heterocycles. The van der Waals surface area contributed by atoms with Gasteiger partial charge in [0, 0.05) is 35.0 Å². The molecule has 3 nitrogen and oxygen atoms in total. The van der Waals surface area contributed by atoms with Crippen LogP contribution < -0.4 is 16.0 Å². The maximum Gasteiger partial charge on any atom is 0.0415 e. The Morgan fingerprint density at radius 3 is 1.80 bits per heavy atom. The SMILES string of the molecule is CCN(c1ccc(Nc2ccc(N)cc2)cc1)c1cc(C)cc(C)c1. The Hall–Kier alpha value is -2.94. The van der Waals surface area contributed by atoms with Crippen LogP contribution in [-0.2, 0) is 0 Å². The van der Waals surface area contributed by atoms with Crippen LogP contribution in [0.3, 0.4) is 0 Å². The fourth-order valence-corrected chi connectivity index (χ4v) is 3.08. The van der Waals surface area contributed by atoms with Crippen molar-refractivity contribution in [1.29, 1.82) is 0 Å². The van der Waals surface area contributed by atoms with Crippen molar-refractivity contribution < 1.29 is 0 Å². The molecule has 0 aliphatic rings. The van der Waals surface area contributed by atoms with E-state index in [4.69, 9.17) is 5.73 Å². The number of nitrogens with one attached hydrogen (secondary N) is 1. The van der Waals surface area contributed by atoms with Gasteiger partial charge in [-0.3, -0.25) is 0 Å². The van der Waals surface area contributed by atoms with Crippen molar-refractivity contribution in [3.8, 4) is 0 Å². The van der Waals surface area contributed by atoms with Crippen LogP contribution in [-0.4, -0.2) is 6.54 Å². The predicted octanol–water partition coefficient (Wildman–Crippen LogP) is 5.79. The molecule has 0 aliphatic heterocycles. The zero-order valence-electron chi connectivity index (χ0n) is 15.1. The van der Waals surface area contributed by atoms with Crippen LogP contribution in [0.2, 0.25) is 0 Å². The molecule has 0 aliphatic carbocycles. The van der Waals surface area contributed by atoms with E-state index >= 15 is 0 Å². The molecular weight excluding hydrogens is 306 g/mol. The molecule has 0 bridgehead atoms. The van der Waals surface area contributed by atoms with E-state index in [0.29, 0.717) is 0 Å². The molecule has 3 heteroatoms. The van der Waals surface area contributed by atoms with Gasteiger partial charge in [0.25, 0.3) is 0 Å². The highest BCUT2D eigenvalue weighted by Gasteiger charge is 2.08. The minimum Gasteiger partial charge on any atom is -0.399 e. The van der Waals surface area contributed by atoms with Crippen molar-refractivity contribution in [3.05, 3.63) is 77.9 Å². The molecule has 0 unspecified atom stereocenters. The van der Waals surface area contributed by atoms with Gasteiger partial charge in [-0.25, -0.2) is 0 Å². The van der Waals surface area contributed by atoms with E-state index in [1.807, 2.05) is 24.3 Å². The maximum absolute atomic E-state index is 5.73. The van der Waals surface area contributed by atoms with Gasteiger partial charge in [-0.15, -0.1) is 0 Å². The van der Waals surface area contributed by atoms with Gasteiger partial charge in [-0.1, -0.05) is 6.07 Å². The highest BCUT2D eigenvalue weighted by Crippen LogP contribution is 2.29. The molecule has 0 amide bonds. The normalized spacial score (nSPS) is 10.5. The zero-order chi connectivity index (χ0) is 17.8. The number of aryl methyl sites for hydroxylation is 2. The smallest absolute Gasteiger partial charge is 0.0415 e. The number of hydrogen-bond donors (Lipinski definition) is 2. The molecule has 3 N–H and O–H groups in total. The lowest BCUT2D eigenvalue weighted by molar-refractivity contribution is 1.02. The summed E-state index contributed by atoms with van der Waals surface area (Å²) in [4.78, 5) is 2.33. The molecule has 0 radical (unpaired) electrons. The Kier molecular flexibility index (Phi) is 4.94. The molecule has 0 atom stereocenters. The molecule has 0 saturated heterocycles. The number of rotatable bonds is 5. The Balaban J connectivity index is 1.81. The van der Waals surface area contributed by atoms with Crippen molar-refractivity contribution in [2.45, 2.75) is 20.8 Å². The van der Waals surface area contributed by atoms with Gasteiger partial charge < -0.3 is 16.0 Å². The summed E-state index contributed by atoms with van der Waals surface area (Å²) in [6.45, 7) is 7.39. The van der Waals surface area contributed by atoms with Crippen molar-refractivity contribution >= 4 is 28.4 Å². The van der Waals surface area contributed by atoms with Crippen LogP contribution in [0.25, 0.3) is 0 Å². The van der Waals surface area contributed by atoms with Crippen LogP contribution in [0.1, 0.15) is 18.1 Å². The molecule has 25 heavy (non-hydrogen) atoms. The average Bonchev–Trinajstić information content (AvgIpc) is 2.58. The van der Waals surface area contributed by atoms with Gasteiger partial charge >= 0.3 is 0 Å². The summed E-state index contributed by atoms with van der Waals surface area (Å²) in [6.07, 6.45) is 0. The predicted molar refractivity (Wildman–Crippen MR) is 109 cm³/mol. The monoisotopic (exact) mass is 331 g/mol. The molecule has 0 spiro atoms. The summed E-state index contributed by atoms with van der Waals surface area (Å²) >= 11 is 0. The fourth-order valence-electron chi connectivity index (χ4n) is 3.08. The lowest BCUT2D eigenvalue weighted by atomic mass is 10.1. The van der Waals surface area contributed by atoms with Gasteiger partial charge in [0.1, 0.15) is 0 Å². The Morgan fingerprint density at radius 1 is 0.760 bits per heavy atom. The van der Waals surface area contributed by atoms with Gasteiger partial charge in [0.2, 0.25) is 0 Å². The molecule has 3 rings (SSSR count). The van der Waals surface area contributed by atoms with Gasteiger partial charge in [0.15, 0.2) is 0 Å². The van der Waals surface area contributed by atoms with E-state index in [1.54, 1.807) is 0 Å². The molecule has 3 aromatic carbocycles. The zero-order valence-corrected chi connectivity index (χ0v) is 15.1. The van der Waals surface area contributed by atoms with Crippen LogP contribution in [0.15, 0.2) is 66.7 Å². The summed E-state index contributed by atoms with van der Waals surface area (Å²) in [7, 11) is 0. The lowest BCUT2D eigenvalue weighted by Gasteiger charge is -2.24. The largest absolute Gasteiger partial charge is 0.399 e. The van der Waals surface area contributed by atoms with Crippen LogP contribution in [0.5, 0.6) is 0 Å². The van der Waals surface area contributed by atoms with Gasteiger partial charge in [-0.05, 0) is 92.6 Å².